The Balaban J connectivity index is 1.51. The van der Waals surface area contributed by atoms with Gasteiger partial charge in [-0.1, -0.05) is 13.0 Å². The number of nitrogens with one attached hydrogen (secondary N) is 1. The predicted octanol–water partition coefficient (Wildman–Crippen LogP) is 3.32. The van der Waals surface area contributed by atoms with E-state index >= 15 is 0 Å². The molecule has 3 rings (SSSR count). The molecule has 0 unspecified atom stereocenters. The molecule has 140 valence electrons. The van der Waals surface area contributed by atoms with E-state index in [-0.39, 0.29) is 0 Å². The van der Waals surface area contributed by atoms with Gasteiger partial charge in [0.05, 0.1) is 0 Å². The van der Waals surface area contributed by atoms with Gasteiger partial charge in [-0.05, 0) is 51.2 Å². The standard InChI is InChI=1S/C21H31N5/c1-4-6-20-24-17(3)14-21(25-20)26-11-8-19(9-12-26)23-16(2)13-18-7-5-10-22-15-18/h5,7,10,14-16,19,23H,4,6,8-9,11-13H2,1-3H3/t16-/m1/s1. The van der Waals surface area contributed by atoms with Crippen molar-refractivity contribution in [3.05, 3.63) is 47.7 Å². The molecule has 0 saturated carbocycles. The van der Waals surface area contributed by atoms with E-state index in [1.807, 2.05) is 18.5 Å². The molecular formula is C21H31N5. The molecule has 0 aliphatic carbocycles. The average Bonchev–Trinajstić information content (AvgIpc) is 2.63. The Hall–Kier alpha value is -2.01. The van der Waals surface area contributed by atoms with E-state index in [4.69, 9.17) is 4.98 Å². The molecule has 1 atom stereocenters. The van der Waals surface area contributed by atoms with Crippen LogP contribution in [0.3, 0.4) is 0 Å². The van der Waals surface area contributed by atoms with Crippen LogP contribution >= 0.6 is 0 Å². The number of anilines is 1. The fraction of sp³-hybridized carbons (Fsp3) is 0.571. The summed E-state index contributed by atoms with van der Waals surface area (Å²) in [5.74, 6) is 2.08. The van der Waals surface area contributed by atoms with Crippen molar-refractivity contribution in [2.45, 2.75) is 65.0 Å². The number of pyridine rings is 1. The lowest BCUT2D eigenvalue weighted by Crippen LogP contribution is -2.46. The average molecular weight is 354 g/mol. The molecule has 0 radical (unpaired) electrons. The van der Waals surface area contributed by atoms with Crippen molar-refractivity contribution in [2.24, 2.45) is 0 Å². The van der Waals surface area contributed by atoms with Crippen LogP contribution < -0.4 is 10.2 Å². The lowest BCUT2D eigenvalue weighted by atomic mass is 10.0. The van der Waals surface area contributed by atoms with Gasteiger partial charge in [0.15, 0.2) is 0 Å². The van der Waals surface area contributed by atoms with E-state index in [9.17, 15) is 0 Å². The molecule has 2 aromatic heterocycles. The van der Waals surface area contributed by atoms with Gasteiger partial charge in [-0.25, -0.2) is 9.97 Å². The monoisotopic (exact) mass is 353 g/mol. The number of hydrogen-bond donors (Lipinski definition) is 1. The smallest absolute Gasteiger partial charge is 0.132 e. The molecule has 0 spiro atoms. The third-order valence-electron chi connectivity index (χ3n) is 4.96. The van der Waals surface area contributed by atoms with Gasteiger partial charge in [0, 0.05) is 55.7 Å². The summed E-state index contributed by atoms with van der Waals surface area (Å²) in [5.41, 5.74) is 2.37. The van der Waals surface area contributed by atoms with Gasteiger partial charge in [-0.15, -0.1) is 0 Å². The molecule has 26 heavy (non-hydrogen) atoms. The van der Waals surface area contributed by atoms with Gasteiger partial charge in [0.2, 0.25) is 0 Å². The Labute approximate surface area is 157 Å². The van der Waals surface area contributed by atoms with Gasteiger partial charge < -0.3 is 10.2 Å². The molecular weight excluding hydrogens is 322 g/mol. The number of aryl methyl sites for hydroxylation is 2. The van der Waals surface area contributed by atoms with Crippen molar-refractivity contribution in [3.8, 4) is 0 Å². The first kappa shape index (κ1) is 18.8. The molecule has 5 nitrogen and oxygen atoms in total. The molecule has 3 heterocycles. The summed E-state index contributed by atoms with van der Waals surface area (Å²) in [6.07, 6.45) is 9.18. The van der Waals surface area contributed by atoms with E-state index in [1.54, 1.807) is 0 Å². The molecule has 1 fully saturated rings. The van der Waals surface area contributed by atoms with Crippen LogP contribution in [0.5, 0.6) is 0 Å². The fourth-order valence-corrected chi connectivity index (χ4v) is 3.72. The molecule has 0 bridgehead atoms. The fourth-order valence-electron chi connectivity index (χ4n) is 3.72. The highest BCUT2D eigenvalue weighted by Crippen LogP contribution is 2.20. The maximum atomic E-state index is 4.78. The van der Waals surface area contributed by atoms with Crippen molar-refractivity contribution >= 4 is 5.82 Å². The Kier molecular flexibility index (Phi) is 6.56. The summed E-state index contributed by atoms with van der Waals surface area (Å²) in [5, 5.41) is 3.80. The van der Waals surface area contributed by atoms with Crippen molar-refractivity contribution in [2.75, 3.05) is 18.0 Å². The lowest BCUT2D eigenvalue weighted by molar-refractivity contribution is 0.374. The minimum atomic E-state index is 0.466. The number of rotatable bonds is 7. The summed E-state index contributed by atoms with van der Waals surface area (Å²) in [6.45, 7) is 8.62. The molecule has 1 aliphatic heterocycles. The molecule has 1 aliphatic rings. The van der Waals surface area contributed by atoms with Gasteiger partial charge in [-0.2, -0.15) is 0 Å². The lowest BCUT2D eigenvalue weighted by Gasteiger charge is -2.35. The zero-order chi connectivity index (χ0) is 18.4. The van der Waals surface area contributed by atoms with Crippen LogP contribution in [-0.4, -0.2) is 40.1 Å². The Bertz CT molecular complexity index is 680. The highest BCUT2D eigenvalue weighted by molar-refractivity contribution is 5.40. The Morgan fingerprint density at radius 1 is 1.27 bits per heavy atom. The summed E-state index contributed by atoms with van der Waals surface area (Å²) < 4.78 is 0. The molecule has 2 aromatic rings. The summed E-state index contributed by atoms with van der Waals surface area (Å²) in [7, 11) is 0. The Morgan fingerprint density at radius 2 is 2.08 bits per heavy atom. The summed E-state index contributed by atoms with van der Waals surface area (Å²) >= 11 is 0. The molecule has 0 aromatic carbocycles. The van der Waals surface area contributed by atoms with Crippen LogP contribution in [0.1, 0.15) is 50.2 Å². The van der Waals surface area contributed by atoms with E-state index in [2.05, 4.69) is 53.1 Å². The molecule has 5 heteroatoms. The van der Waals surface area contributed by atoms with Crippen molar-refractivity contribution in [3.63, 3.8) is 0 Å². The highest BCUT2D eigenvalue weighted by Gasteiger charge is 2.22. The topological polar surface area (TPSA) is 53.9 Å². The van der Waals surface area contributed by atoms with Crippen molar-refractivity contribution in [1.29, 1.82) is 0 Å². The molecule has 1 saturated heterocycles. The van der Waals surface area contributed by atoms with E-state index in [0.29, 0.717) is 12.1 Å². The Morgan fingerprint density at radius 3 is 2.77 bits per heavy atom. The first-order chi connectivity index (χ1) is 12.6. The second-order valence-corrected chi connectivity index (χ2v) is 7.43. The van der Waals surface area contributed by atoms with E-state index in [1.165, 1.54) is 5.56 Å². The van der Waals surface area contributed by atoms with Crippen LogP contribution in [0.15, 0.2) is 30.6 Å². The van der Waals surface area contributed by atoms with Crippen molar-refractivity contribution in [1.82, 2.24) is 20.3 Å². The van der Waals surface area contributed by atoms with E-state index < -0.39 is 0 Å². The number of aromatic nitrogens is 3. The van der Waals surface area contributed by atoms with Crippen LogP contribution in [0, 0.1) is 6.92 Å². The third-order valence-corrected chi connectivity index (χ3v) is 4.96. The quantitative estimate of drug-likeness (QED) is 0.827. The predicted molar refractivity (Wildman–Crippen MR) is 107 cm³/mol. The number of hydrogen-bond acceptors (Lipinski definition) is 5. The van der Waals surface area contributed by atoms with E-state index in [0.717, 1.165) is 62.5 Å². The third kappa shape index (κ3) is 5.24. The largest absolute Gasteiger partial charge is 0.356 e. The van der Waals surface area contributed by atoms with Crippen LogP contribution in [0.2, 0.25) is 0 Å². The normalized spacial score (nSPS) is 16.7. The number of piperidine rings is 1. The zero-order valence-corrected chi connectivity index (χ0v) is 16.3. The summed E-state index contributed by atoms with van der Waals surface area (Å²) in [6, 6.07) is 7.33. The maximum Gasteiger partial charge on any atom is 0.132 e. The minimum Gasteiger partial charge on any atom is -0.356 e. The maximum absolute atomic E-state index is 4.78. The second kappa shape index (κ2) is 9.08. The number of nitrogens with zero attached hydrogens (tertiary/aromatic N) is 4. The molecule has 0 amide bonds. The van der Waals surface area contributed by atoms with Gasteiger partial charge in [0.25, 0.3) is 0 Å². The SMILES string of the molecule is CCCc1nc(C)cc(N2CCC(N[C@H](C)Cc3cccnc3)CC2)n1. The van der Waals surface area contributed by atoms with Gasteiger partial charge in [0.1, 0.15) is 11.6 Å². The van der Waals surface area contributed by atoms with Crippen LogP contribution in [0.25, 0.3) is 0 Å². The first-order valence-electron chi connectivity index (χ1n) is 9.88. The summed E-state index contributed by atoms with van der Waals surface area (Å²) in [4.78, 5) is 16.0. The highest BCUT2D eigenvalue weighted by atomic mass is 15.2. The van der Waals surface area contributed by atoms with Crippen LogP contribution in [0.4, 0.5) is 5.82 Å². The van der Waals surface area contributed by atoms with Gasteiger partial charge in [-0.3, -0.25) is 4.98 Å². The van der Waals surface area contributed by atoms with Gasteiger partial charge >= 0.3 is 0 Å². The van der Waals surface area contributed by atoms with Crippen molar-refractivity contribution < 1.29 is 0 Å². The van der Waals surface area contributed by atoms with Crippen LogP contribution in [-0.2, 0) is 12.8 Å². The minimum absolute atomic E-state index is 0.466. The zero-order valence-electron chi connectivity index (χ0n) is 16.3. The second-order valence-electron chi connectivity index (χ2n) is 7.43. The molecule has 1 N–H and O–H groups in total. The first-order valence-corrected chi connectivity index (χ1v) is 9.88.